The van der Waals surface area contributed by atoms with E-state index < -0.39 is 0 Å². The molecule has 2 aromatic heterocycles. The lowest BCUT2D eigenvalue weighted by Gasteiger charge is -2.29. The molecule has 0 spiro atoms. The highest BCUT2D eigenvalue weighted by molar-refractivity contribution is 7.17. The first-order chi connectivity index (χ1) is 14.0. The fourth-order valence-electron chi connectivity index (χ4n) is 3.90. The van der Waals surface area contributed by atoms with Gasteiger partial charge in [-0.3, -0.25) is 4.79 Å². The van der Waals surface area contributed by atoms with E-state index in [4.69, 9.17) is 9.72 Å². The first-order valence-corrected chi connectivity index (χ1v) is 10.6. The van der Waals surface area contributed by atoms with E-state index in [9.17, 15) is 4.79 Å². The van der Waals surface area contributed by atoms with Gasteiger partial charge in [-0.05, 0) is 36.1 Å². The molecule has 1 aromatic carbocycles. The van der Waals surface area contributed by atoms with Gasteiger partial charge in [0.2, 0.25) is 0 Å². The van der Waals surface area contributed by atoms with Crippen molar-refractivity contribution in [2.45, 2.75) is 26.7 Å². The molecule has 0 radical (unpaired) electrons. The van der Waals surface area contributed by atoms with Gasteiger partial charge in [0.15, 0.2) is 10.9 Å². The van der Waals surface area contributed by atoms with E-state index in [1.54, 1.807) is 6.20 Å². The average Bonchev–Trinajstić information content (AvgIpc) is 3.11. The summed E-state index contributed by atoms with van der Waals surface area (Å²) in [5.41, 5.74) is 2.80. The molecular formula is C22H22N4O2S. The quantitative estimate of drug-likeness (QED) is 0.663. The molecule has 0 amide bonds. The van der Waals surface area contributed by atoms with Gasteiger partial charge in [-0.1, -0.05) is 31.3 Å². The summed E-state index contributed by atoms with van der Waals surface area (Å²) in [7, 11) is 0. The van der Waals surface area contributed by atoms with E-state index in [0.29, 0.717) is 19.6 Å². The Kier molecular flexibility index (Phi) is 4.28. The van der Waals surface area contributed by atoms with Crippen LogP contribution in [0.25, 0.3) is 0 Å². The Morgan fingerprint density at radius 1 is 1.21 bits per heavy atom. The van der Waals surface area contributed by atoms with E-state index >= 15 is 0 Å². The maximum Gasteiger partial charge on any atom is 0.190 e. The van der Waals surface area contributed by atoms with Crippen molar-refractivity contribution >= 4 is 39.4 Å². The number of carbonyl (C=O) groups excluding carboxylic acids is 1. The van der Waals surface area contributed by atoms with E-state index in [-0.39, 0.29) is 11.2 Å². The average molecular weight is 407 g/mol. The summed E-state index contributed by atoms with van der Waals surface area (Å²) in [6.45, 7) is 5.55. The third-order valence-electron chi connectivity index (χ3n) is 5.22. The number of benzene rings is 1. The molecule has 1 N–H and O–H groups in total. The number of pyridine rings is 1. The molecule has 29 heavy (non-hydrogen) atoms. The second-order valence-corrected chi connectivity index (χ2v) is 9.21. The van der Waals surface area contributed by atoms with Crippen molar-refractivity contribution in [1.82, 2.24) is 9.97 Å². The number of nitrogens with zero attached hydrogens (tertiary/aromatic N) is 3. The van der Waals surface area contributed by atoms with Gasteiger partial charge < -0.3 is 15.0 Å². The number of aromatic nitrogens is 2. The van der Waals surface area contributed by atoms with Crippen LogP contribution in [-0.2, 0) is 6.42 Å². The number of rotatable bonds is 3. The van der Waals surface area contributed by atoms with E-state index in [1.807, 2.05) is 36.4 Å². The number of hydrogen-bond donors (Lipinski definition) is 1. The molecule has 0 fully saturated rings. The van der Waals surface area contributed by atoms with Gasteiger partial charge in [-0.15, -0.1) is 0 Å². The van der Waals surface area contributed by atoms with Gasteiger partial charge in [0, 0.05) is 24.4 Å². The van der Waals surface area contributed by atoms with Crippen molar-refractivity contribution in [3.8, 4) is 5.75 Å². The molecule has 0 unspecified atom stereocenters. The first kappa shape index (κ1) is 18.1. The molecule has 6 nitrogen and oxygen atoms in total. The van der Waals surface area contributed by atoms with Crippen LogP contribution in [0.4, 0.5) is 22.3 Å². The number of ether oxygens (including phenoxy) is 1. The van der Waals surface area contributed by atoms with E-state index in [0.717, 1.165) is 45.1 Å². The lowest BCUT2D eigenvalue weighted by Crippen LogP contribution is -2.28. The zero-order chi connectivity index (χ0) is 20.0. The highest BCUT2D eigenvalue weighted by Gasteiger charge is 2.35. The van der Waals surface area contributed by atoms with Gasteiger partial charge in [-0.25, -0.2) is 9.97 Å². The minimum absolute atomic E-state index is 0.0234. The standard InChI is InChI=1S/C22H22N4O2S/c1-22(2)12-15-20(17(27)13-22)29-21(25-15)26-9-10-28-18-11-14(6-7-16(18)26)24-19-5-3-4-8-23-19/h3-8,11H,9-10,12-13H2,1-2H3,(H,23,24). The molecular weight excluding hydrogens is 384 g/mol. The van der Waals surface area contributed by atoms with Gasteiger partial charge in [-0.2, -0.15) is 0 Å². The largest absolute Gasteiger partial charge is 0.489 e. The van der Waals surface area contributed by atoms with Crippen LogP contribution in [0, 0.1) is 5.41 Å². The molecule has 1 aliphatic heterocycles. The number of fused-ring (bicyclic) bond motifs is 2. The van der Waals surface area contributed by atoms with Crippen molar-refractivity contribution < 1.29 is 9.53 Å². The summed E-state index contributed by atoms with van der Waals surface area (Å²) < 4.78 is 5.92. The van der Waals surface area contributed by atoms with Crippen LogP contribution < -0.4 is 15.0 Å². The van der Waals surface area contributed by atoms with E-state index in [1.165, 1.54) is 11.3 Å². The summed E-state index contributed by atoms with van der Waals surface area (Å²) in [5, 5.41) is 4.17. The third kappa shape index (κ3) is 3.46. The van der Waals surface area contributed by atoms with Gasteiger partial charge in [0.1, 0.15) is 18.2 Å². The molecule has 0 saturated heterocycles. The minimum atomic E-state index is -0.0234. The molecule has 148 valence electrons. The molecule has 0 saturated carbocycles. The van der Waals surface area contributed by atoms with Crippen LogP contribution in [0.15, 0.2) is 42.6 Å². The Balaban J connectivity index is 1.45. The molecule has 5 rings (SSSR count). The number of Topliss-reactive ketones (excluding diaryl/α,β-unsaturated/α-hetero) is 1. The van der Waals surface area contributed by atoms with Crippen molar-refractivity contribution in [2.75, 3.05) is 23.4 Å². The summed E-state index contributed by atoms with van der Waals surface area (Å²) in [6.07, 6.45) is 3.18. The maximum absolute atomic E-state index is 12.6. The predicted molar refractivity (Wildman–Crippen MR) is 115 cm³/mol. The highest BCUT2D eigenvalue weighted by atomic mass is 32.1. The van der Waals surface area contributed by atoms with Crippen LogP contribution in [0.2, 0.25) is 0 Å². The summed E-state index contributed by atoms with van der Waals surface area (Å²) >= 11 is 1.51. The molecule has 7 heteroatoms. The normalized spacial score (nSPS) is 17.3. The molecule has 0 bridgehead atoms. The molecule has 3 aromatic rings. The van der Waals surface area contributed by atoms with Crippen molar-refractivity contribution in [3.63, 3.8) is 0 Å². The number of carbonyl (C=O) groups is 1. The number of nitrogens with one attached hydrogen (secondary N) is 1. The van der Waals surface area contributed by atoms with Crippen LogP contribution in [0.5, 0.6) is 5.75 Å². The van der Waals surface area contributed by atoms with E-state index in [2.05, 4.69) is 29.0 Å². The van der Waals surface area contributed by atoms with Gasteiger partial charge in [0.25, 0.3) is 0 Å². The molecule has 3 heterocycles. The Morgan fingerprint density at radius 2 is 2.10 bits per heavy atom. The monoisotopic (exact) mass is 406 g/mol. The Bertz CT molecular complexity index is 1080. The lowest BCUT2D eigenvalue weighted by atomic mass is 9.78. The van der Waals surface area contributed by atoms with Gasteiger partial charge >= 0.3 is 0 Å². The van der Waals surface area contributed by atoms with Crippen molar-refractivity contribution in [2.24, 2.45) is 5.41 Å². The van der Waals surface area contributed by atoms with Crippen LogP contribution in [0.3, 0.4) is 0 Å². The second kappa shape index (κ2) is 6.84. The van der Waals surface area contributed by atoms with Crippen LogP contribution in [0.1, 0.15) is 35.6 Å². The predicted octanol–water partition coefficient (Wildman–Crippen LogP) is 4.97. The number of hydrogen-bond acceptors (Lipinski definition) is 7. The maximum atomic E-state index is 12.6. The van der Waals surface area contributed by atoms with Crippen molar-refractivity contribution in [3.05, 3.63) is 53.2 Å². The second-order valence-electron chi connectivity index (χ2n) is 8.24. The summed E-state index contributed by atoms with van der Waals surface area (Å²) in [6, 6.07) is 11.8. The van der Waals surface area contributed by atoms with Crippen molar-refractivity contribution in [1.29, 1.82) is 0 Å². The fraction of sp³-hybridized carbons (Fsp3) is 0.318. The molecule has 0 atom stereocenters. The lowest BCUT2D eigenvalue weighted by molar-refractivity contribution is 0.0916. The minimum Gasteiger partial charge on any atom is -0.489 e. The topological polar surface area (TPSA) is 67.3 Å². The third-order valence-corrected chi connectivity index (χ3v) is 6.38. The zero-order valence-corrected chi connectivity index (χ0v) is 17.3. The fourth-order valence-corrected chi connectivity index (χ4v) is 4.96. The summed E-state index contributed by atoms with van der Waals surface area (Å²) in [5.74, 6) is 1.80. The zero-order valence-electron chi connectivity index (χ0n) is 16.4. The highest BCUT2D eigenvalue weighted by Crippen LogP contribution is 2.44. The molecule has 2 aliphatic rings. The SMILES string of the molecule is CC1(C)CC(=O)c2sc(N3CCOc4cc(Nc5ccccn5)ccc43)nc2C1. The number of thiazole rings is 1. The number of ketones is 1. The van der Waals surface area contributed by atoms with Crippen LogP contribution >= 0.6 is 11.3 Å². The van der Waals surface area contributed by atoms with Crippen LogP contribution in [-0.4, -0.2) is 28.9 Å². The van der Waals surface area contributed by atoms with Gasteiger partial charge in [0.05, 0.1) is 22.8 Å². The number of anilines is 4. The first-order valence-electron chi connectivity index (χ1n) is 9.74. The Hall–Kier alpha value is -2.93. The Morgan fingerprint density at radius 3 is 2.93 bits per heavy atom. The molecule has 1 aliphatic carbocycles. The summed E-state index contributed by atoms with van der Waals surface area (Å²) in [4.78, 5) is 24.7. The Labute approximate surface area is 173 Å². The smallest absolute Gasteiger partial charge is 0.190 e.